The third-order valence-corrected chi connectivity index (χ3v) is 2.98. The van der Waals surface area contributed by atoms with Gasteiger partial charge >= 0.3 is 0 Å². The molecular weight excluding hydrogens is 245 g/mol. The molecule has 1 aromatic heterocycles. The summed E-state index contributed by atoms with van der Waals surface area (Å²) in [6, 6.07) is 4.24. The van der Waals surface area contributed by atoms with E-state index < -0.39 is 0 Å². The summed E-state index contributed by atoms with van der Waals surface area (Å²) in [5.41, 5.74) is 6.65. The number of rotatable bonds is 5. The largest absolute Gasteiger partial charge is 0.491 e. The normalized spacial score (nSPS) is 12.4. The Balaban J connectivity index is 2.03. The van der Waals surface area contributed by atoms with E-state index in [0.29, 0.717) is 18.9 Å². The lowest BCUT2D eigenvalue weighted by Gasteiger charge is -2.14. The van der Waals surface area contributed by atoms with Crippen LogP contribution < -0.4 is 10.5 Å². The Labute approximate surface area is 112 Å². The first-order chi connectivity index (χ1) is 9.08. The van der Waals surface area contributed by atoms with Gasteiger partial charge in [-0.2, -0.15) is 0 Å². The minimum atomic E-state index is -0.321. The molecule has 0 amide bonds. The van der Waals surface area contributed by atoms with Gasteiger partial charge in [-0.25, -0.2) is 9.37 Å². The summed E-state index contributed by atoms with van der Waals surface area (Å²) in [4.78, 5) is 4.13. The second-order valence-corrected chi connectivity index (χ2v) is 4.49. The van der Waals surface area contributed by atoms with Crippen LogP contribution >= 0.6 is 0 Å². The molecule has 0 spiro atoms. The first-order valence-electron chi connectivity index (χ1n) is 6.23. The van der Waals surface area contributed by atoms with E-state index in [0.717, 1.165) is 11.4 Å². The monoisotopic (exact) mass is 263 g/mol. The third kappa shape index (κ3) is 3.32. The minimum Gasteiger partial charge on any atom is -0.491 e. The van der Waals surface area contributed by atoms with Crippen molar-refractivity contribution in [2.75, 3.05) is 6.61 Å². The molecule has 0 saturated heterocycles. The van der Waals surface area contributed by atoms with E-state index in [1.165, 1.54) is 12.1 Å². The van der Waals surface area contributed by atoms with Gasteiger partial charge in [-0.05, 0) is 19.9 Å². The average molecular weight is 263 g/mol. The molecule has 0 unspecified atom stereocenters. The van der Waals surface area contributed by atoms with Crippen molar-refractivity contribution in [2.45, 2.75) is 26.4 Å². The van der Waals surface area contributed by atoms with Crippen molar-refractivity contribution >= 4 is 0 Å². The van der Waals surface area contributed by atoms with E-state index in [1.54, 1.807) is 12.3 Å². The standard InChI is InChI=1S/C14H18FN3O/c1-10(16)13-4-3-12(15)9-14(13)19-8-7-18-6-5-17-11(18)2/h3-6,9-10H,7-8,16H2,1-2H3/t10-/m1/s1. The Hall–Kier alpha value is -1.88. The number of imidazole rings is 1. The summed E-state index contributed by atoms with van der Waals surface area (Å²) >= 11 is 0. The second-order valence-electron chi connectivity index (χ2n) is 4.49. The number of halogens is 1. The molecule has 0 fully saturated rings. The molecule has 4 nitrogen and oxygen atoms in total. The summed E-state index contributed by atoms with van der Waals surface area (Å²) in [5.74, 6) is 1.11. The molecule has 1 atom stereocenters. The van der Waals surface area contributed by atoms with Gasteiger partial charge in [-0.3, -0.25) is 0 Å². The van der Waals surface area contributed by atoms with Gasteiger partial charge in [0.05, 0.1) is 6.54 Å². The summed E-state index contributed by atoms with van der Waals surface area (Å²) in [6.45, 7) is 4.89. The Morgan fingerprint density at radius 3 is 2.89 bits per heavy atom. The molecule has 2 aromatic rings. The van der Waals surface area contributed by atoms with E-state index in [2.05, 4.69) is 4.98 Å². The molecular formula is C14H18FN3O. The fourth-order valence-corrected chi connectivity index (χ4v) is 1.90. The molecule has 0 aliphatic rings. The number of aryl methyl sites for hydroxylation is 1. The number of hydrogen-bond donors (Lipinski definition) is 1. The smallest absolute Gasteiger partial charge is 0.127 e. The maximum Gasteiger partial charge on any atom is 0.127 e. The maximum atomic E-state index is 13.2. The Morgan fingerprint density at radius 1 is 1.47 bits per heavy atom. The van der Waals surface area contributed by atoms with Crippen LogP contribution in [0.25, 0.3) is 0 Å². The van der Waals surface area contributed by atoms with Crippen molar-refractivity contribution in [3.8, 4) is 5.75 Å². The van der Waals surface area contributed by atoms with Crippen LogP contribution in [0.4, 0.5) is 4.39 Å². The highest BCUT2D eigenvalue weighted by atomic mass is 19.1. The van der Waals surface area contributed by atoms with E-state index >= 15 is 0 Å². The fourth-order valence-electron chi connectivity index (χ4n) is 1.90. The van der Waals surface area contributed by atoms with Crippen LogP contribution in [0.1, 0.15) is 24.4 Å². The van der Waals surface area contributed by atoms with Gasteiger partial charge in [0.15, 0.2) is 0 Å². The zero-order chi connectivity index (χ0) is 13.8. The van der Waals surface area contributed by atoms with Crippen molar-refractivity contribution in [2.24, 2.45) is 5.73 Å². The topological polar surface area (TPSA) is 53.1 Å². The van der Waals surface area contributed by atoms with Crippen LogP contribution in [0.15, 0.2) is 30.6 Å². The molecule has 102 valence electrons. The van der Waals surface area contributed by atoms with Crippen LogP contribution in [0.5, 0.6) is 5.75 Å². The highest BCUT2D eigenvalue weighted by Gasteiger charge is 2.09. The van der Waals surface area contributed by atoms with Crippen LogP contribution in [-0.4, -0.2) is 16.2 Å². The zero-order valence-corrected chi connectivity index (χ0v) is 11.1. The van der Waals surface area contributed by atoms with Crippen molar-refractivity contribution in [1.82, 2.24) is 9.55 Å². The predicted molar refractivity (Wildman–Crippen MR) is 71.5 cm³/mol. The predicted octanol–water partition coefficient (Wildman–Crippen LogP) is 2.43. The first-order valence-corrected chi connectivity index (χ1v) is 6.23. The Bertz CT molecular complexity index is 551. The van der Waals surface area contributed by atoms with Crippen molar-refractivity contribution in [3.05, 3.63) is 47.8 Å². The van der Waals surface area contributed by atoms with Gasteiger partial charge in [0, 0.05) is 30.1 Å². The molecule has 0 aliphatic carbocycles. The number of aromatic nitrogens is 2. The minimum absolute atomic E-state index is 0.189. The SMILES string of the molecule is Cc1nccn1CCOc1cc(F)ccc1[C@@H](C)N. The number of nitrogens with zero attached hydrogens (tertiary/aromatic N) is 2. The lowest BCUT2D eigenvalue weighted by atomic mass is 10.1. The van der Waals surface area contributed by atoms with Crippen molar-refractivity contribution in [1.29, 1.82) is 0 Å². The number of benzene rings is 1. The lowest BCUT2D eigenvalue weighted by Crippen LogP contribution is -2.12. The van der Waals surface area contributed by atoms with Crippen molar-refractivity contribution in [3.63, 3.8) is 0 Å². The number of hydrogen-bond acceptors (Lipinski definition) is 3. The van der Waals surface area contributed by atoms with E-state index in [-0.39, 0.29) is 11.9 Å². The van der Waals surface area contributed by atoms with E-state index in [4.69, 9.17) is 10.5 Å². The lowest BCUT2D eigenvalue weighted by molar-refractivity contribution is 0.291. The van der Waals surface area contributed by atoms with Crippen LogP contribution in [-0.2, 0) is 6.54 Å². The van der Waals surface area contributed by atoms with E-state index in [1.807, 2.05) is 24.6 Å². The third-order valence-electron chi connectivity index (χ3n) is 2.98. The molecule has 19 heavy (non-hydrogen) atoms. The maximum absolute atomic E-state index is 13.2. The van der Waals surface area contributed by atoms with E-state index in [9.17, 15) is 4.39 Å². The molecule has 2 rings (SSSR count). The zero-order valence-electron chi connectivity index (χ0n) is 11.1. The highest BCUT2D eigenvalue weighted by molar-refractivity contribution is 5.36. The van der Waals surface area contributed by atoms with Gasteiger partial charge in [-0.15, -0.1) is 0 Å². The second kappa shape index (κ2) is 5.84. The number of ether oxygens (including phenoxy) is 1. The molecule has 0 aliphatic heterocycles. The average Bonchev–Trinajstić information content (AvgIpc) is 2.75. The molecule has 2 N–H and O–H groups in total. The molecule has 0 bridgehead atoms. The van der Waals surface area contributed by atoms with Crippen LogP contribution in [0, 0.1) is 12.7 Å². The molecule has 1 aromatic carbocycles. The van der Waals surface area contributed by atoms with Gasteiger partial charge in [-0.1, -0.05) is 6.07 Å². The molecule has 5 heteroatoms. The summed E-state index contributed by atoms with van der Waals surface area (Å²) < 4.78 is 20.9. The van der Waals surface area contributed by atoms with Crippen LogP contribution in [0.2, 0.25) is 0 Å². The summed E-state index contributed by atoms with van der Waals surface area (Å²) in [5, 5.41) is 0. The molecule has 1 heterocycles. The molecule has 0 saturated carbocycles. The molecule has 0 radical (unpaired) electrons. The highest BCUT2D eigenvalue weighted by Crippen LogP contribution is 2.24. The van der Waals surface area contributed by atoms with Gasteiger partial charge in [0.25, 0.3) is 0 Å². The Morgan fingerprint density at radius 2 is 2.26 bits per heavy atom. The van der Waals surface area contributed by atoms with Gasteiger partial charge in [0.2, 0.25) is 0 Å². The fraction of sp³-hybridized carbons (Fsp3) is 0.357. The van der Waals surface area contributed by atoms with Crippen LogP contribution in [0.3, 0.4) is 0 Å². The van der Waals surface area contributed by atoms with Crippen molar-refractivity contribution < 1.29 is 9.13 Å². The Kier molecular flexibility index (Phi) is 4.16. The quantitative estimate of drug-likeness (QED) is 0.901. The van der Waals surface area contributed by atoms with Gasteiger partial charge < -0.3 is 15.0 Å². The summed E-state index contributed by atoms with van der Waals surface area (Å²) in [6.07, 6.45) is 3.63. The van der Waals surface area contributed by atoms with Gasteiger partial charge in [0.1, 0.15) is 24.0 Å². The summed E-state index contributed by atoms with van der Waals surface area (Å²) in [7, 11) is 0. The number of nitrogens with two attached hydrogens (primary N) is 1. The first kappa shape index (κ1) is 13.5.